The van der Waals surface area contributed by atoms with Crippen LogP contribution in [0.15, 0.2) is 9.47 Å². The van der Waals surface area contributed by atoms with Crippen LogP contribution in [0.25, 0.3) is 0 Å². The molecule has 1 aromatic heterocycles. The third-order valence-corrected chi connectivity index (χ3v) is 2.05. The van der Waals surface area contributed by atoms with Crippen molar-refractivity contribution < 1.29 is 5.21 Å². The van der Waals surface area contributed by atoms with E-state index in [1.165, 1.54) is 0 Å². The molecule has 0 bridgehead atoms. The first-order valence-electron chi connectivity index (χ1n) is 2.88. The van der Waals surface area contributed by atoms with Gasteiger partial charge in [-0.3, -0.25) is 15.8 Å². The van der Waals surface area contributed by atoms with Crippen LogP contribution in [0.1, 0.15) is 5.69 Å². The van der Waals surface area contributed by atoms with Crippen LogP contribution in [0.5, 0.6) is 0 Å². The molecule has 1 heterocycles. The number of rotatable bonds is 2. The van der Waals surface area contributed by atoms with E-state index in [1.807, 2.05) is 6.92 Å². The third kappa shape index (κ3) is 1.78. The van der Waals surface area contributed by atoms with Gasteiger partial charge in [0.15, 0.2) is 5.82 Å². The first-order valence-corrected chi connectivity index (χ1v) is 3.67. The molecule has 0 aliphatic carbocycles. The molecule has 0 atom stereocenters. The van der Waals surface area contributed by atoms with Crippen molar-refractivity contribution in [1.82, 2.24) is 15.7 Å². The van der Waals surface area contributed by atoms with Gasteiger partial charge in [0, 0.05) is 5.69 Å². The van der Waals surface area contributed by atoms with Gasteiger partial charge in [0.05, 0.1) is 4.47 Å². The topological polar surface area (TPSA) is 73.3 Å². The molecule has 0 aromatic carbocycles. The van der Waals surface area contributed by atoms with Crippen LogP contribution < -0.4 is 5.48 Å². The van der Waals surface area contributed by atoms with Gasteiger partial charge in [-0.1, -0.05) is 0 Å². The zero-order valence-corrected chi connectivity index (χ0v) is 7.38. The average molecular weight is 219 g/mol. The van der Waals surface area contributed by atoms with Gasteiger partial charge in [-0.05, 0) is 22.9 Å². The van der Waals surface area contributed by atoms with Gasteiger partial charge in [-0.2, -0.15) is 5.10 Å². The van der Waals surface area contributed by atoms with Crippen LogP contribution >= 0.6 is 15.9 Å². The molecule has 1 rings (SSSR count). The Morgan fingerprint density at radius 3 is 3.00 bits per heavy atom. The molecular weight excluding hydrogens is 212 g/mol. The van der Waals surface area contributed by atoms with Crippen molar-refractivity contribution in [3.8, 4) is 0 Å². The lowest BCUT2D eigenvalue weighted by Gasteiger charge is -1.86. The van der Waals surface area contributed by atoms with Crippen LogP contribution in [0.2, 0.25) is 0 Å². The molecular formula is C5H7BrN4O. The zero-order chi connectivity index (χ0) is 8.27. The second-order valence-corrected chi connectivity index (χ2v) is 2.67. The van der Waals surface area contributed by atoms with Gasteiger partial charge in [-0.15, -0.1) is 0 Å². The van der Waals surface area contributed by atoms with Crippen molar-refractivity contribution >= 4 is 28.1 Å². The molecule has 0 aliphatic heterocycles. The number of nitrogens with one attached hydrogen (secondary N) is 2. The predicted molar refractivity (Wildman–Crippen MR) is 44.1 cm³/mol. The van der Waals surface area contributed by atoms with Gasteiger partial charge < -0.3 is 0 Å². The molecule has 6 heteroatoms. The molecule has 5 nitrogen and oxygen atoms in total. The highest BCUT2D eigenvalue weighted by Gasteiger charge is 2.03. The zero-order valence-electron chi connectivity index (χ0n) is 5.80. The van der Waals surface area contributed by atoms with Gasteiger partial charge in [0.2, 0.25) is 0 Å². The maximum absolute atomic E-state index is 8.17. The predicted octanol–water partition coefficient (Wildman–Crippen LogP) is 1.12. The normalized spacial score (nSPS) is 10.8. The third-order valence-electron chi connectivity index (χ3n) is 1.10. The summed E-state index contributed by atoms with van der Waals surface area (Å²) in [5.41, 5.74) is 2.68. The molecule has 0 spiro atoms. The Labute approximate surface area is 71.6 Å². The maximum atomic E-state index is 8.17. The van der Waals surface area contributed by atoms with E-state index in [1.54, 1.807) is 5.48 Å². The highest BCUT2D eigenvalue weighted by molar-refractivity contribution is 9.10. The molecule has 1 aromatic rings. The van der Waals surface area contributed by atoms with E-state index in [2.05, 4.69) is 31.1 Å². The fourth-order valence-corrected chi connectivity index (χ4v) is 0.858. The lowest BCUT2D eigenvalue weighted by molar-refractivity contribution is 0.240. The Hall–Kier alpha value is -0.880. The molecule has 0 amide bonds. The number of aliphatic imine (C=N–C) groups is 1. The molecule has 0 saturated carbocycles. The summed E-state index contributed by atoms with van der Waals surface area (Å²) in [6.45, 7) is 1.86. The minimum atomic E-state index is 0.504. The number of aromatic amines is 1. The summed E-state index contributed by atoms with van der Waals surface area (Å²) in [6.07, 6.45) is 1.14. The van der Waals surface area contributed by atoms with Crippen molar-refractivity contribution in [2.75, 3.05) is 0 Å². The van der Waals surface area contributed by atoms with E-state index in [0.717, 1.165) is 16.5 Å². The molecule has 0 saturated heterocycles. The van der Waals surface area contributed by atoms with Crippen LogP contribution in [0.4, 0.5) is 5.82 Å². The summed E-state index contributed by atoms with van der Waals surface area (Å²) in [6, 6.07) is 0. The lowest BCUT2D eigenvalue weighted by Crippen LogP contribution is -2.00. The number of hydroxylamine groups is 1. The summed E-state index contributed by atoms with van der Waals surface area (Å²) < 4.78 is 0.795. The summed E-state index contributed by atoms with van der Waals surface area (Å²) in [4.78, 5) is 3.77. The fraction of sp³-hybridized carbons (Fsp3) is 0.200. The molecule has 60 valence electrons. The van der Waals surface area contributed by atoms with Crippen LogP contribution in [-0.2, 0) is 0 Å². The van der Waals surface area contributed by atoms with Crippen molar-refractivity contribution in [1.29, 1.82) is 0 Å². The molecule has 0 fully saturated rings. The summed E-state index contributed by atoms with van der Waals surface area (Å²) in [5.74, 6) is 0.504. The lowest BCUT2D eigenvalue weighted by atomic mass is 10.5. The first kappa shape index (κ1) is 8.22. The molecule has 0 unspecified atom stereocenters. The molecule has 3 N–H and O–H groups in total. The van der Waals surface area contributed by atoms with Gasteiger partial charge in [-0.25, -0.2) is 4.99 Å². The van der Waals surface area contributed by atoms with E-state index in [0.29, 0.717) is 5.82 Å². The Kier molecular flexibility index (Phi) is 2.61. The average Bonchev–Trinajstić information content (AvgIpc) is 2.31. The largest absolute Gasteiger partial charge is 0.290 e. The quantitative estimate of drug-likeness (QED) is 0.396. The van der Waals surface area contributed by atoms with E-state index < -0.39 is 0 Å². The van der Waals surface area contributed by atoms with Gasteiger partial charge >= 0.3 is 0 Å². The van der Waals surface area contributed by atoms with E-state index in [-0.39, 0.29) is 0 Å². The number of halogens is 1. The number of aromatic nitrogens is 2. The van der Waals surface area contributed by atoms with E-state index >= 15 is 0 Å². The summed E-state index contributed by atoms with van der Waals surface area (Å²) >= 11 is 3.26. The number of hydrogen-bond acceptors (Lipinski definition) is 3. The van der Waals surface area contributed by atoms with Crippen LogP contribution in [0, 0.1) is 6.92 Å². The Morgan fingerprint density at radius 1 is 1.82 bits per heavy atom. The highest BCUT2D eigenvalue weighted by Crippen LogP contribution is 2.24. The first-order chi connectivity index (χ1) is 5.25. The van der Waals surface area contributed by atoms with Crippen molar-refractivity contribution in [2.45, 2.75) is 6.92 Å². The SMILES string of the molecule is Cc1[nH]nc(N=CNO)c1Br. The monoisotopic (exact) mass is 218 g/mol. The Bertz CT molecular complexity index is 269. The van der Waals surface area contributed by atoms with Crippen molar-refractivity contribution in [3.05, 3.63) is 10.2 Å². The molecule has 0 aliphatic rings. The van der Waals surface area contributed by atoms with Crippen molar-refractivity contribution in [2.24, 2.45) is 4.99 Å². The minimum Gasteiger partial charge on any atom is -0.290 e. The molecule has 0 radical (unpaired) electrons. The highest BCUT2D eigenvalue weighted by atomic mass is 79.9. The maximum Gasteiger partial charge on any atom is 0.189 e. The molecule has 11 heavy (non-hydrogen) atoms. The van der Waals surface area contributed by atoms with Crippen LogP contribution in [-0.4, -0.2) is 21.7 Å². The number of nitrogens with zero attached hydrogens (tertiary/aromatic N) is 2. The number of hydrogen-bond donors (Lipinski definition) is 3. The second kappa shape index (κ2) is 3.49. The second-order valence-electron chi connectivity index (χ2n) is 1.87. The smallest absolute Gasteiger partial charge is 0.189 e. The Balaban J connectivity index is 2.87. The number of aryl methyl sites for hydroxylation is 1. The summed E-state index contributed by atoms with van der Waals surface area (Å²) in [7, 11) is 0. The number of H-pyrrole nitrogens is 1. The van der Waals surface area contributed by atoms with E-state index in [9.17, 15) is 0 Å². The Morgan fingerprint density at radius 2 is 2.55 bits per heavy atom. The van der Waals surface area contributed by atoms with Gasteiger partial charge in [0.1, 0.15) is 6.34 Å². The standard InChI is InChI=1S/C5H7BrN4O/c1-3-4(6)5(10-9-3)7-2-8-11/h2,11H,1H3,(H2,7,8,9,10). The fourth-order valence-electron chi connectivity index (χ4n) is 0.578. The van der Waals surface area contributed by atoms with Crippen LogP contribution in [0.3, 0.4) is 0 Å². The van der Waals surface area contributed by atoms with Crippen molar-refractivity contribution in [3.63, 3.8) is 0 Å². The minimum absolute atomic E-state index is 0.504. The van der Waals surface area contributed by atoms with Gasteiger partial charge in [0.25, 0.3) is 0 Å². The van der Waals surface area contributed by atoms with E-state index in [4.69, 9.17) is 5.21 Å². The summed E-state index contributed by atoms with van der Waals surface area (Å²) in [5, 5.41) is 14.7.